The van der Waals surface area contributed by atoms with Crippen LogP contribution in [0, 0.1) is 52.3 Å². The molecule has 4 fully saturated rings. The molecule has 4 aliphatic rings. The van der Waals surface area contributed by atoms with Crippen LogP contribution < -0.4 is 0 Å². The molecule has 8 unspecified atom stereocenters. The number of hydrogen-bond acceptors (Lipinski definition) is 0. The number of fused-ring (bicyclic) bond motifs is 5. The van der Waals surface area contributed by atoms with Crippen LogP contribution in [-0.4, -0.2) is 0 Å². The summed E-state index contributed by atoms with van der Waals surface area (Å²) in [7, 11) is 0. The van der Waals surface area contributed by atoms with E-state index in [-0.39, 0.29) is 0 Å². The van der Waals surface area contributed by atoms with Gasteiger partial charge in [0.15, 0.2) is 0 Å². The summed E-state index contributed by atoms with van der Waals surface area (Å²) >= 11 is 0. The topological polar surface area (TPSA) is 0 Å². The lowest BCUT2D eigenvalue weighted by atomic mass is 9.44. The zero-order chi connectivity index (χ0) is 19.2. The van der Waals surface area contributed by atoms with Gasteiger partial charge in [-0.1, -0.05) is 53.0 Å². The SMILES string of the molecule is C=CC(CCC(C)C)C1CCC2C3CCC4CCCCC4(C)C3CCC12C. The first-order valence-corrected chi connectivity index (χ1v) is 12.5. The van der Waals surface area contributed by atoms with Crippen LogP contribution in [0.2, 0.25) is 0 Å². The summed E-state index contributed by atoms with van der Waals surface area (Å²) in [6, 6.07) is 0. The summed E-state index contributed by atoms with van der Waals surface area (Å²) < 4.78 is 0. The first-order valence-electron chi connectivity index (χ1n) is 12.5. The molecule has 0 bridgehead atoms. The normalized spacial score (nSPS) is 47.8. The van der Waals surface area contributed by atoms with E-state index < -0.39 is 0 Å². The fourth-order valence-electron chi connectivity index (χ4n) is 9.05. The van der Waals surface area contributed by atoms with Crippen LogP contribution >= 0.6 is 0 Å². The minimum absolute atomic E-state index is 0.606. The number of allylic oxidation sites excluding steroid dienone is 1. The van der Waals surface area contributed by atoms with Crippen LogP contribution in [-0.2, 0) is 0 Å². The average Bonchev–Trinajstić information content (AvgIpc) is 2.99. The van der Waals surface area contributed by atoms with Crippen LogP contribution in [0.5, 0.6) is 0 Å². The summed E-state index contributed by atoms with van der Waals surface area (Å²) in [6.07, 6.45) is 20.4. The fraction of sp³-hybridized carbons (Fsp3) is 0.926. The van der Waals surface area contributed by atoms with Gasteiger partial charge in [-0.2, -0.15) is 0 Å². The van der Waals surface area contributed by atoms with Gasteiger partial charge >= 0.3 is 0 Å². The lowest BCUT2D eigenvalue weighted by Gasteiger charge is -2.61. The highest BCUT2D eigenvalue weighted by Crippen LogP contribution is 2.68. The number of hydrogen-bond donors (Lipinski definition) is 0. The minimum Gasteiger partial charge on any atom is -0.103 e. The highest BCUT2D eigenvalue weighted by atomic mass is 14.6. The lowest BCUT2D eigenvalue weighted by Crippen LogP contribution is -2.53. The first kappa shape index (κ1) is 20.0. The van der Waals surface area contributed by atoms with Crippen molar-refractivity contribution in [3.8, 4) is 0 Å². The average molecular weight is 371 g/mol. The van der Waals surface area contributed by atoms with E-state index in [1.165, 1.54) is 64.2 Å². The maximum Gasteiger partial charge on any atom is -0.0202 e. The molecule has 4 rings (SSSR count). The largest absolute Gasteiger partial charge is 0.103 e. The van der Waals surface area contributed by atoms with Gasteiger partial charge in [-0.15, -0.1) is 6.58 Å². The van der Waals surface area contributed by atoms with E-state index in [4.69, 9.17) is 0 Å². The third kappa shape index (κ3) is 3.26. The summed E-state index contributed by atoms with van der Waals surface area (Å²) in [5.74, 6) is 6.67. The molecule has 0 aromatic carbocycles. The Morgan fingerprint density at radius 3 is 2.37 bits per heavy atom. The molecule has 0 heterocycles. The van der Waals surface area contributed by atoms with E-state index in [1.54, 1.807) is 12.8 Å². The molecule has 4 aliphatic carbocycles. The molecule has 0 aromatic heterocycles. The zero-order valence-electron chi connectivity index (χ0n) is 18.8. The van der Waals surface area contributed by atoms with Crippen molar-refractivity contribution in [1.29, 1.82) is 0 Å². The van der Waals surface area contributed by atoms with Crippen molar-refractivity contribution in [3.63, 3.8) is 0 Å². The predicted octanol–water partition coefficient (Wildman–Crippen LogP) is 8.27. The Balaban J connectivity index is 1.53. The molecule has 0 aliphatic heterocycles. The quantitative estimate of drug-likeness (QED) is 0.427. The fourth-order valence-corrected chi connectivity index (χ4v) is 9.05. The molecule has 0 heteroatoms. The summed E-state index contributed by atoms with van der Waals surface area (Å²) in [6.45, 7) is 14.5. The second-order valence-electron chi connectivity index (χ2n) is 12.0. The Labute approximate surface area is 170 Å². The maximum absolute atomic E-state index is 4.30. The Bertz CT molecular complexity index is 532. The van der Waals surface area contributed by atoms with Crippen molar-refractivity contribution >= 4 is 0 Å². The van der Waals surface area contributed by atoms with Gasteiger partial charge in [0.05, 0.1) is 0 Å². The smallest absolute Gasteiger partial charge is 0.0202 e. The van der Waals surface area contributed by atoms with Gasteiger partial charge in [0.1, 0.15) is 0 Å². The van der Waals surface area contributed by atoms with E-state index in [0.717, 1.165) is 41.4 Å². The van der Waals surface area contributed by atoms with Crippen molar-refractivity contribution in [1.82, 2.24) is 0 Å². The molecule has 4 saturated carbocycles. The molecular weight excluding hydrogens is 324 g/mol. The van der Waals surface area contributed by atoms with Crippen molar-refractivity contribution in [2.24, 2.45) is 52.3 Å². The molecule has 0 nitrogen and oxygen atoms in total. The van der Waals surface area contributed by atoms with Gasteiger partial charge in [-0.25, -0.2) is 0 Å². The summed E-state index contributed by atoms with van der Waals surface area (Å²) in [5.41, 5.74) is 1.30. The Kier molecular flexibility index (Phi) is 5.59. The van der Waals surface area contributed by atoms with E-state index in [0.29, 0.717) is 10.8 Å². The third-order valence-corrected chi connectivity index (χ3v) is 10.6. The van der Waals surface area contributed by atoms with E-state index in [1.807, 2.05) is 0 Å². The van der Waals surface area contributed by atoms with E-state index >= 15 is 0 Å². The lowest BCUT2D eigenvalue weighted by molar-refractivity contribution is -0.113. The molecule has 154 valence electrons. The van der Waals surface area contributed by atoms with Crippen LogP contribution in [0.15, 0.2) is 12.7 Å². The molecule has 0 radical (unpaired) electrons. The van der Waals surface area contributed by atoms with Crippen molar-refractivity contribution in [2.75, 3.05) is 0 Å². The van der Waals surface area contributed by atoms with Crippen molar-refractivity contribution in [3.05, 3.63) is 12.7 Å². The molecule has 27 heavy (non-hydrogen) atoms. The second-order valence-corrected chi connectivity index (χ2v) is 12.0. The van der Waals surface area contributed by atoms with Gasteiger partial charge in [0, 0.05) is 0 Å². The van der Waals surface area contributed by atoms with E-state index in [9.17, 15) is 0 Å². The van der Waals surface area contributed by atoms with Crippen LogP contribution in [0.3, 0.4) is 0 Å². The Morgan fingerprint density at radius 2 is 1.63 bits per heavy atom. The standard InChI is InChI=1S/C27H46/c1-6-20(11-10-19(2)3)23-14-15-24-22-13-12-21-9-7-8-17-26(21,4)25(22)16-18-27(23,24)5/h6,19-25H,1,7-18H2,2-5H3. The van der Waals surface area contributed by atoms with Crippen LogP contribution in [0.25, 0.3) is 0 Å². The maximum atomic E-state index is 4.30. The van der Waals surface area contributed by atoms with Gasteiger partial charge in [0.25, 0.3) is 0 Å². The van der Waals surface area contributed by atoms with Crippen molar-refractivity contribution < 1.29 is 0 Å². The monoisotopic (exact) mass is 370 g/mol. The first-order chi connectivity index (χ1) is 12.9. The predicted molar refractivity (Wildman–Crippen MR) is 118 cm³/mol. The molecule has 8 atom stereocenters. The summed E-state index contributed by atoms with van der Waals surface area (Å²) in [5, 5.41) is 0. The van der Waals surface area contributed by atoms with E-state index in [2.05, 4.69) is 40.3 Å². The Hall–Kier alpha value is -0.260. The molecule has 0 saturated heterocycles. The van der Waals surface area contributed by atoms with Crippen molar-refractivity contribution in [2.45, 2.75) is 105 Å². The van der Waals surface area contributed by atoms with Crippen LogP contribution in [0.4, 0.5) is 0 Å². The minimum atomic E-state index is 0.606. The Morgan fingerprint density at radius 1 is 0.852 bits per heavy atom. The third-order valence-electron chi connectivity index (χ3n) is 10.6. The zero-order valence-corrected chi connectivity index (χ0v) is 18.8. The second kappa shape index (κ2) is 7.53. The highest BCUT2D eigenvalue weighted by Gasteiger charge is 2.60. The van der Waals surface area contributed by atoms with Gasteiger partial charge < -0.3 is 0 Å². The molecule has 0 N–H and O–H groups in total. The van der Waals surface area contributed by atoms with Gasteiger partial charge in [0.2, 0.25) is 0 Å². The summed E-state index contributed by atoms with van der Waals surface area (Å²) in [4.78, 5) is 0. The molecule has 0 aromatic rings. The number of rotatable bonds is 5. The van der Waals surface area contributed by atoms with Crippen LogP contribution in [0.1, 0.15) is 105 Å². The van der Waals surface area contributed by atoms with Gasteiger partial charge in [-0.3, -0.25) is 0 Å². The molecular formula is C27H46. The van der Waals surface area contributed by atoms with Gasteiger partial charge in [-0.05, 0) is 110 Å². The molecule has 0 amide bonds. The molecule has 0 spiro atoms. The highest BCUT2D eigenvalue weighted by molar-refractivity contribution is 5.10.